The van der Waals surface area contributed by atoms with Gasteiger partial charge in [-0.05, 0) is 30.0 Å². The van der Waals surface area contributed by atoms with Crippen LogP contribution < -0.4 is 10.1 Å². The van der Waals surface area contributed by atoms with E-state index in [0.717, 1.165) is 12.4 Å². The molecule has 0 radical (unpaired) electrons. The molecule has 2 aromatic rings. The largest absolute Gasteiger partial charge is 0.493 e. The average molecular weight is 279 g/mol. The van der Waals surface area contributed by atoms with Crippen LogP contribution in [0.3, 0.4) is 0 Å². The van der Waals surface area contributed by atoms with E-state index >= 15 is 0 Å². The number of aryl methyl sites for hydroxylation is 1. The molecule has 0 spiro atoms. The third kappa shape index (κ3) is 2.24. The van der Waals surface area contributed by atoms with Gasteiger partial charge in [0.1, 0.15) is 5.75 Å². The molecule has 1 N–H and O–H groups in total. The van der Waals surface area contributed by atoms with Crippen LogP contribution in [0.2, 0.25) is 0 Å². The van der Waals surface area contributed by atoms with E-state index in [1.807, 2.05) is 0 Å². The van der Waals surface area contributed by atoms with Gasteiger partial charge in [0.05, 0.1) is 6.61 Å². The molecule has 0 saturated heterocycles. The minimum Gasteiger partial charge on any atom is -0.493 e. The summed E-state index contributed by atoms with van der Waals surface area (Å²) in [6, 6.07) is 18.1. The van der Waals surface area contributed by atoms with Gasteiger partial charge >= 0.3 is 0 Å². The first-order valence-corrected chi connectivity index (χ1v) is 7.88. The highest BCUT2D eigenvalue weighted by atomic mass is 16.5. The zero-order chi connectivity index (χ0) is 14.2. The van der Waals surface area contributed by atoms with E-state index in [1.165, 1.54) is 29.5 Å². The van der Waals surface area contributed by atoms with E-state index in [4.69, 9.17) is 4.74 Å². The van der Waals surface area contributed by atoms with E-state index in [9.17, 15) is 0 Å². The van der Waals surface area contributed by atoms with Gasteiger partial charge in [0.2, 0.25) is 0 Å². The second kappa shape index (κ2) is 5.19. The Balaban J connectivity index is 1.63. The average Bonchev–Trinajstić information content (AvgIpc) is 2.93. The Kier molecular flexibility index (Phi) is 3.19. The van der Waals surface area contributed by atoms with Gasteiger partial charge in [-0.15, -0.1) is 0 Å². The van der Waals surface area contributed by atoms with Crippen molar-refractivity contribution in [2.75, 3.05) is 6.61 Å². The van der Waals surface area contributed by atoms with E-state index in [2.05, 4.69) is 60.8 Å². The quantitative estimate of drug-likeness (QED) is 0.896. The summed E-state index contributed by atoms with van der Waals surface area (Å²) in [5, 5.41) is 3.90. The van der Waals surface area contributed by atoms with E-state index in [0.29, 0.717) is 18.0 Å². The normalized spacial score (nSPS) is 26.8. The minimum absolute atomic E-state index is 0.381. The summed E-state index contributed by atoms with van der Waals surface area (Å²) in [7, 11) is 0. The van der Waals surface area contributed by atoms with E-state index in [1.54, 1.807) is 0 Å². The minimum atomic E-state index is 0.381. The molecule has 0 amide bonds. The first-order valence-electron chi connectivity index (χ1n) is 7.88. The number of rotatable bonds is 2. The highest BCUT2D eigenvalue weighted by molar-refractivity contribution is 5.39. The molecule has 4 rings (SSSR count). The topological polar surface area (TPSA) is 21.3 Å². The Bertz CT molecular complexity index is 652. The maximum absolute atomic E-state index is 5.86. The van der Waals surface area contributed by atoms with Crippen molar-refractivity contribution < 1.29 is 4.74 Å². The summed E-state index contributed by atoms with van der Waals surface area (Å²) in [4.78, 5) is 0. The Labute approximate surface area is 126 Å². The summed E-state index contributed by atoms with van der Waals surface area (Å²) in [5.74, 6) is 1.53. The third-order valence-corrected chi connectivity index (χ3v) is 4.84. The van der Waals surface area contributed by atoms with Crippen LogP contribution in [-0.2, 0) is 6.42 Å². The molecule has 0 saturated carbocycles. The third-order valence-electron chi connectivity index (χ3n) is 4.84. The fourth-order valence-electron chi connectivity index (χ4n) is 3.69. The molecule has 0 bridgehead atoms. The SMILES string of the molecule is CC1COc2ccccc2C1NC1CCc2ccccc21. The van der Waals surface area contributed by atoms with Gasteiger partial charge < -0.3 is 10.1 Å². The number of benzene rings is 2. The Morgan fingerprint density at radius 1 is 1.00 bits per heavy atom. The number of hydrogen-bond donors (Lipinski definition) is 1. The monoisotopic (exact) mass is 279 g/mol. The zero-order valence-corrected chi connectivity index (χ0v) is 12.4. The number of fused-ring (bicyclic) bond motifs is 2. The van der Waals surface area contributed by atoms with Crippen molar-refractivity contribution in [3.63, 3.8) is 0 Å². The van der Waals surface area contributed by atoms with Gasteiger partial charge in [-0.2, -0.15) is 0 Å². The number of para-hydroxylation sites is 1. The fourth-order valence-corrected chi connectivity index (χ4v) is 3.69. The first-order chi connectivity index (χ1) is 10.3. The fraction of sp³-hybridized carbons (Fsp3) is 0.368. The van der Waals surface area contributed by atoms with Crippen molar-refractivity contribution in [2.24, 2.45) is 5.92 Å². The molecular weight excluding hydrogens is 258 g/mol. The van der Waals surface area contributed by atoms with Gasteiger partial charge in [0.15, 0.2) is 0 Å². The van der Waals surface area contributed by atoms with Crippen LogP contribution in [0.1, 0.15) is 42.1 Å². The van der Waals surface area contributed by atoms with Gasteiger partial charge in [-0.1, -0.05) is 49.4 Å². The van der Waals surface area contributed by atoms with Crippen LogP contribution in [0.15, 0.2) is 48.5 Å². The molecule has 21 heavy (non-hydrogen) atoms. The molecule has 0 aromatic heterocycles. The van der Waals surface area contributed by atoms with Crippen molar-refractivity contribution in [1.29, 1.82) is 0 Å². The molecule has 2 aliphatic rings. The van der Waals surface area contributed by atoms with Gasteiger partial charge in [-0.25, -0.2) is 0 Å². The van der Waals surface area contributed by atoms with Crippen LogP contribution in [0, 0.1) is 5.92 Å². The summed E-state index contributed by atoms with van der Waals surface area (Å²) in [6.07, 6.45) is 2.39. The second-order valence-corrected chi connectivity index (χ2v) is 6.26. The van der Waals surface area contributed by atoms with Crippen LogP contribution in [0.25, 0.3) is 0 Å². The van der Waals surface area contributed by atoms with Crippen LogP contribution in [0.4, 0.5) is 0 Å². The van der Waals surface area contributed by atoms with Crippen molar-refractivity contribution in [2.45, 2.75) is 31.8 Å². The lowest BCUT2D eigenvalue weighted by Crippen LogP contribution is -2.35. The lowest BCUT2D eigenvalue weighted by molar-refractivity contribution is 0.180. The second-order valence-electron chi connectivity index (χ2n) is 6.26. The maximum Gasteiger partial charge on any atom is 0.124 e. The lowest BCUT2D eigenvalue weighted by Gasteiger charge is -2.34. The molecule has 1 heterocycles. The lowest BCUT2D eigenvalue weighted by atomic mass is 9.91. The Morgan fingerprint density at radius 3 is 2.67 bits per heavy atom. The van der Waals surface area contributed by atoms with E-state index in [-0.39, 0.29) is 0 Å². The van der Waals surface area contributed by atoms with Gasteiger partial charge in [0.25, 0.3) is 0 Å². The molecule has 2 heteroatoms. The Morgan fingerprint density at radius 2 is 1.76 bits per heavy atom. The van der Waals surface area contributed by atoms with Gasteiger partial charge in [-0.3, -0.25) is 0 Å². The van der Waals surface area contributed by atoms with Crippen molar-refractivity contribution in [3.8, 4) is 5.75 Å². The molecule has 3 atom stereocenters. The summed E-state index contributed by atoms with van der Waals surface area (Å²) < 4.78 is 5.86. The molecule has 1 aliphatic heterocycles. The van der Waals surface area contributed by atoms with Crippen LogP contribution >= 0.6 is 0 Å². The molecular formula is C19H21NO. The number of nitrogens with one attached hydrogen (secondary N) is 1. The van der Waals surface area contributed by atoms with Crippen LogP contribution in [0.5, 0.6) is 5.75 Å². The smallest absolute Gasteiger partial charge is 0.124 e. The highest BCUT2D eigenvalue weighted by Gasteiger charge is 2.31. The van der Waals surface area contributed by atoms with Crippen LogP contribution in [-0.4, -0.2) is 6.61 Å². The molecule has 1 aliphatic carbocycles. The molecule has 3 unspecified atom stereocenters. The first kappa shape index (κ1) is 12.9. The molecule has 2 nitrogen and oxygen atoms in total. The van der Waals surface area contributed by atoms with Gasteiger partial charge in [0, 0.05) is 23.6 Å². The highest BCUT2D eigenvalue weighted by Crippen LogP contribution is 2.39. The predicted octanol–water partition coefficient (Wildman–Crippen LogP) is 4.03. The van der Waals surface area contributed by atoms with Crippen molar-refractivity contribution >= 4 is 0 Å². The maximum atomic E-state index is 5.86. The summed E-state index contributed by atoms with van der Waals surface area (Å²) in [5.41, 5.74) is 4.29. The predicted molar refractivity (Wildman–Crippen MR) is 84.5 cm³/mol. The molecule has 108 valence electrons. The van der Waals surface area contributed by atoms with Crippen molar-refractivity contribution in [1.82, 2.24) is 5.32 Å². The van der Waals surface area contributed by atoms with Crippen molar-refractivity contribution in [3.05, 3.63) is 65.2 Å². The number of hydrogen-bond acceptors (Lipinski definition) is 2. The Hall–Kier alpha value is -1.80. The zero-order valence-electron chi connectivity index (χ0n) is 12.4. The standard InChI is InChI=1S/C19H21NO/c1-13-12-21-18-9-5-4-8-16(18)19(13)20-17-11-10-14-6-2-3-7-15(14)17/h2-9,13,17,19-20H,10-12H2,1H3. The summed E-state index contributed by atoms with van der Waals surface area (Å²) >= 11 is 0. The van der Waals surface area contributed by atoms with E-state index < -0.39 is 0 Å². The molecule has 0 fully saturated rings. The molecule has 2 aromatic carbocycles. The number of ether oxygens (including phenoxy) is 1. The summed E-state index contributed by atoms with van der Waals surface area (Å²) in [6.45, 7) is 3.07.